The third-order valence-corrected chi connectivity index (χ3v) is 4.59. The highest BCUT2D eigenvalue weighted by molar-refractivity contribution is 9.10. The van der Waals surface area contributed by atoms with Crippen molar-refractivity contribution >= 4 is 59.9 Å². The van der Waals surface area contributed by atoms with E-state index in [-0.39, 0.29) is 0 Å². The van der Waals surface area contributed by atoms with Crippen LogP contribution in [-0.4, -0.2) is 4.98 Å². The van der Waals surface area contributed by atoms with Crippen LogP contribution in [0, 0.1) is 6.92 Å². The van der Waals surface area contributed by atoms with Crippen LogP contribution in [0.4, 0.5) is 10.8 Å². The Hall–Kier alpha value is -1.10. The maximum atomic E-state index is 5.97. The fourth-order valence-electron chi connectivity index (χ4n) is 1.80. The van der Waals surface area contributed by atoms with Gasteiger partial charge in [0.15, 0.2) is 5.13 Å². The molecule has 0 saturated heterocycles. The smallest absolute Gasteiger partial charge is 0.188 e. The van der Waals surface area contributed by atoms with Gasteiger partial charge in [0.2, 0.25) is 0 Å². The van der Waals surface area contributed by atoms with Gasteiger partial charge in [-0.25, -0.2) is 4.98 Å². The molecular formula is C14H10BrClN2S. The molecule has 96 valence electrons. The van der Waals surface area contributed by atoms with Gasteiger partial charge in [0.25, 0.3) is 0 Å². The monoisotopic (exact) mass is 352 g/mol. The van der Waals surface area contributed by atoms with Crippen LogP contribution in [0.3, 0.4) is 0 Å². The predicted molar refractivity (Wildman–Crippen MR) is 86.8 cm³/mol. The molecule has 19 heavy (non-hydrogen) atoms. The number of rotatable bonds is 2. The minimum Gasteiger partial charge on any atom is -0.331 e. The van der Waals surface area contributed by atoms with Gasteiger partial charge in [-0.1, -0.05) is 29.0 Å². The van der Waals surface area contributed by atoms with Crippen LogP contribution in [0.15, 0.2) is 40.9 Å². The van der Waals surface area contributed by atoms with E-state index < -0.39 is 0 Å². The van der Waals surface area contributed by atoms with Gasteiger partial charge in [0, 0.05) is 9.50 Å². The van der Waals surface area contributed by atoms with Crippen molar-refractivity contribution in [3.8, 4) is 0 Å². The van der Waals surface area contributed by atoms with Gasteiger partial charge < -0.3 is 5.32 Å². The summed E-state index contributed by atoms with van der Waals surface area (Å²) in [6.45, 7) is 2.07. The minimum absolute atomic E-state index is 0.709. The van der Waals surface area contributed by atoms with Gasteiger partial charge in [-0.3, -0.25) is 0 Å². The highest BCUT2D eigenvalue weighted by Gasteiger charge is 2.06. The van der Waals surface area contributed by atoms with E-state index in [4.69, 9.17) is 11.6 Å². The Kier molecular flexibility index (Phi) is 3.48. The van der Waals surface area contributed by atoms with Crippen molar-refractivity contribution in [2.75, 3.05) is 5.32 Å². The molecule has 1 heterocycles. The topological polar surface area (TPSA) is 24.9 Å². The zero-order chi connectivity index (χ0) is 13.4. The zero-order valence-electron chi connectivity index (χ0n) is 10.1. The molecule has 5 heteroatoms. The number of anilines is 2. The van der Waals surface area contributed by atoms with E-state index in [1.165, 1.54) is 5.56 Å². The number of thiazole rings is 1. The quantitative estimate of drug-likeness (QED) is 0.633. The van der Waals surface area contributed by atoms with Crippen LogP contribution in [0.5, 0.6) is 0 Å². The predicted octanol–water partition coefficient (Wildman–Crippen LogP) is 5.76. The second-order valence-corrected chi connectivity index (χ2v) is 6.56. The number of benzene rings is 2. The lowest BCUT2D eigenvalue weighted by Crippen LogP contribution is -1.91. The van der Waals surface area contributed by atoms with Crippen LogP contribution < -0.4 is 5.32 Å². The molecule has 0 aliphatic rings. The van der Waals surface area contributed by atoms with Crippen molar-refractivity contribution in [2.24, 2.45) is 0 Å². The first-order valence-electron chi connectivity index (χ1n) is 5.71. The van der Waals surface area contributed by atoms with Gasteiger partial charge >= 0.3 is 0 Å². The van der Waals surface area contributed by atoms with Crippen molar-refractivity contribution < 1.29 is 0 Å². The molecule has 1 N–H and O–H groups in total. The number of hydrogen-bond donors (Lipinski definition) is 1. The van der Waals surface area contributed by atoms with E-state index in [2.05, 4.69) is 45.3 Å². The maximum Gasteiger partial charge on any atom is 0.188 e. The molecule has 2 nitrogen and oxygen atoms in total. The largest absolute Gasteiger partial charge is 0.331 e. The molecular weight excluding hydrogens is 344 g/mol. The summed E-state index contributed by atoms with van der Waals surface area (Å²) in [7, 11) is 0. The average Bonchev–Trinajstić information content (AvgIpc) is 2.75. The van der Waals surface area contributed by atoms with Gasteiger partial charge in [-0.2, -0.15) is 0 Å². The van der Waals surface area contributed by atoms with Crippen molar-refractivity contribution in [1.29, 1.82) is 0 Å². The molecule has 0 bridgehead atoms. The Morgan fingerprint density at radius 2 is 2.05 bits per heavy atom. The number of halogens is 2. The Bertz CT molecular complexity index is 754. The Balaban J connectivity index is 1.98. The summed E-state index contributed by atoms with van der Waals surface area (Å²) >= 11 is 11.1. The molecule has 0 atom stereocenters. The first-order chi connectivity index (χ1) is 9.11. The highest BCUT2D eigenvalue weighted by Crippen LogP contribution is 2.32. The van der Waals surface area contributed by atoms with E-state index in [9.17, 15) is 0 Å². The Labute approximate surface area is 128 Å². The summed E-state index contributed by atoms with van der Waals surface area (Å²) < 4.78 is 2.14. The zero-order valence-corrected chi connectivity index (χ0v) is 13.2. The summed E-state index contributed by atoms with van der Waals surface area (Å²) in [5.41, 5.74) is 3.14. The van der Waals surface area contributed by atoms with Gasteiger partial charge in [-0.05, 0) is 58.7 Å². The third-order valence-electron chi connectivity index (χ3n) is 2.71. The second kappa shape index (κ2) is 5.12. The number of fused-ring (bicyclic) bond motifs is 1. The standard InChI is InChI=1S/C14H10BrClN2S/c1-8-2-4-10(15)11(6-8)17-14-18-12-7-9(16)3-5-13(12)19-14/h2-7H,1H3,(H,17,18). The van der Waals surface area contributed by atoms with Crippen LogP contribution in [0.2, 0.25) is 5.02 Å². The first-order valence-corrected chi connectivity index (χ1v) is 7.70. The summed E-state index contributed by atoms with van der Waals surface area (Å²) in [4.78, 5) is 4.54. The van der Waals surface area contributed by atoms with E-state index in [0.717, 1.165) is 25.5 Å². The molecule has 0 aliphatic carbocycles. The Morgan fingerprint density at radius 1 is 1.21 bits per heavy atom. The molecule has 3 aromatic rings. The minimum atomic E-state index is 0.709. The van der Waals surface area contributed by atoms with E-state index in [0.29, 0.717) is 5.02 Å². The molecule has 3 rings (SSSR count). The van der Waals surface area contributed by atoms with Crippen molar-refractivity contribution in [1.82, 2.24) is 4.98 Å². The van der Waals surface area contributed by atoms with Crippen molar-refractivity contribution in [3.63, 3.8) is 0 Å². The van der Waals surface area contributed by atoms with Gasteiger partial charge in [-0.15, -0.1) is 0 Å². The van der Waals surface area contributed by atoms with Crippen LogP contribution in [0.1, 0.15) is 5.56 Å². The van der Waals surface area contributed by atoms with E-state index >= 15 is 0 Å². The molecule has 0 fully saturated rings. The summed E-state index contributed by atoms with van der Waals surface area (Å²) in [6, 6.07) is 11.9. The number of aryl methyl sites for hydroxylation is 1. The molecule has 1 aromatic heterocycles. The lowest BCUT2D eigenvalue weighted by Gasteiger charge is -2.06. The molecule has 2 aromatic carbocycles. The molecule has 0 saturated carbocycles. The van der Waals surface area contributed by atoms with Gasteiger partial charge in [0.05, 0.1) is 15.9 Å². The number of hydrogen-bond acceptors (Lipinski definition) is 3. The average molecular weight is 354 g/mol. The molecule has 0 amide bonds. The molecule has 0 radical (unpaired) electrons. The van der Waals surface area contributed by atoms with Crippen molar-refractivity contribution in [3.05, 3.63) is 51.5 Å². The third kappa shape index (κ3) is 2.76. The summed E-state index contributed by atoms with van der Waals surface area (Å²) in [6.07, 6.45) is 0. The number of nitrogens with one attached hydrogen (secondary N) is 1. The molecule has 0 unspecified atom stereocenters. The molecule has 0 spiro atoms. The maximum absolute atomic E-state index is 5.97. The molecule has 0 aliphatic heterocycles. The lowest BCUT2D eigenvalue weighted by molar-refractivity contribution is 1.40. The fourth-order valence-corrected chi connectivity index (χ4v) is 3.17. The van der Waals surface area contributed by atoms with E-state index in [1.54, 1.807) is 11.3 Å². The number of nitrogens with zero attached hydrogens (tertiary/aromatic N) is 1. The SMILES string of the molecule is Cc1ccc(Br)c(Nc2nc3cc(Cl)ccc3s2)c1. The van der Waals surface area contributed by atoms with Crippen LogP contribution in [-0.2, 0) is 0 Å². The van der Waals surface area contributed by atoms with E-state index in [1.807, 2.05) is 24.3 Å². The fraction of sp³-hybridized carbons (Fsp3) is 0.0714. The second-order valence-electron chi connectivity index (χ2n) is 4.24. The normalized spacial score (nSPS) is 10.9. The van der Waals surface area contributed by atoms with Crippen LogP contribution >= 0.6 is 38.9 Å². The van der Waals surface area contributed by atoms with Gasteiger partial charge in [0.1, 0.15) is 0 Å². The van der Waals surface area contributed by atoms with Crippen molar-refractivity contribution in [2.45, 2.75) is 6.92 Å². The summed E-state index contributed by atoms with van der Waals surface area (Å²) in [5.74, 6) is 0. The Morgan fingerprint density at radius 3 is 2.89 bits per heavy atom. The van der Waals surface area contributed by atoms with Crippen LogP contribution in [0.25, 0.3) is 10.2 Å². The lowest BCUT2D eigenvalue weighted by atomic mass is 10.2. The number of aromatic nitrogens is 1. The summed E-state index contributed by atoms with van der Waals surface area (Å²) in [5, 5.41) is 4.91. The first kappa shape index (κ1) is 12.9. The highest BCUT2D eigenvalue weighted by atomic mass is 79.9.